The van der Waals surface area contributed by atoms with Crippen LogP contribution in [-0.2, 0) is 4.43 Å². The maximum atomic E-state index is 8.61. The Hall–Kier alpha value is -1.20. The molecule has 0 spiro atoms. The minimum atomic E-state index is -1.87. The Morgan fingerprint density at radius 3 is 1.80 bits per heavy atom. The largest absolute Gasteiger partial charge is 0.414 e. The molecule has 112 valence electrons. The summed E-state index contributed by atoms with van der Waals surface area (Å²) in [5, 5.41) is 7.71. The Bertz CT molecular complexity index is 408. The van der Waals surface area contributed by atoms with Crippen molar-refractivity contribution >= 4 is 8.32 Å². The van der Waals surface area contributed by atoms with Gasteiger partial charge in [0, 0.05) is 28.0 Å². The van der Waals surface area contributed by atoms with Gasteiger partial charge in [0.15, 0.2) is 8.32 Å². The highest BCUT2D eigenvalue weighted by Gasteiger charge is 2.41. The van der Waals surface area contributed by atoms with Crippen LogP contribution in [0.5, 0.6) is 0 Å². The summed E-state index contributed by atoms with van der Waals surface area (Å²) in [5.41, 5.74) is 17.2. The van der Waals surface area contributed by atoms with E-state index in [1.54, 1.807) is 0 Å². The van der Waals surface area contributed by atoms with Gasteiger partial charge in [-0.05, 0) is 48.5 Å². The molecule has 8 heteroatoms. The van der Waals surface area contributed by atoms with E-state index in [2.05, 4.69) is 53.9 Å². The fraction of sp³-hybridized carbons (Fsp3) is 1.00. The van der Waals surface area contributed by atoms with Crippen LogP contribution in [0.1, 0.15) is 40.0 Å². The van der Waals surface area contributed by atoms with E-state index in [0.717, 1.165) is 0 Å². The summed E-state index contributed by atoms with van der Waals surface area (Å²) in [4.78, 5) is 5.76. The van der Waals surface area contributed by atoms with Crippen LogP contribution in [0.25, 0.3) is 20.9 Å². The van der Waals surface area contributed by atoms with Gasteiger partial charge in [-0.3, -0.25) is 0 Å². The van der Waals surface area contributed by atoms with Crippen molar-refractivity contribution in [2.45, 2.75) is 76.4 Å². The van der Waals surface area contributed by atoms with Gasteiger partial charge in [0.2, 0.25) is 0 Å². The summed E-state index contributed by atoms with van der Waals surface area (Å²) in [6, 6.07) is -0.280. The lowest BCUT2D eigenvalue weighted by molar-refractivity contribution is 0.119. The first kappa shape index (κ1) is 16.9. The standard InChI is InChI=1S/C12H24N6OSi/c1-12(2,3)20(4,5)19-11-7-9(15-17-13)6-10(8-11)16-18-14/h9-11H,6-8H2,1-5H3/t9-,10?,11?/m1/s1. The smallest absolute Gasteiger partial charge is 0.192 e. The quantitative estimate of drug-likeness (QED) is 0.312. The molecule has 0 N–H and O–H groups in total. The summed E-state index contributed by atoms with van der Waals surface area (Å²) in [7, 11) is -1.87. The van der Waals surface area contributed by atoms with Gasteiger partial charge in [0.05, 0.1) is 0 Å². The number of nitrogens with zero attached hydrogens (tertiary/aromatic N) is 6. The molecule has 0 amide bonds. The van der Waals surface area contributed by atoms with Crippen LogP contribution >= 0.6 is 0 Å². The van der Waals surface area contributed by atoms with E-state index < -0.39 is 8.32 Å². The molecule has 1 aliphatic carbocycles. The summed E-state index contributed by atoms with van der Waals surface area (Å²) in [5.74, 6) is 0. The Morgan fingerprint density at radius 2 is 1.45 bits per heavy atom. The van der Waals surface area contributed by atoms with Crippen molar-refractivity contribution < 1.29 is 4.43 Å². The van der Waals surface area contributed by atoms with Crippen LogP contribution in [0.15, 0.2) is 10.2 Å². The second-order valence-electron chi connectivity index (χ2n) is 6.92. The van der Waals surface area contributed by atoms with E-state index in [4.69, 9.17) is 15.5 Å². The molecular weight excluding hydrogens is 272 g/mol. The zero-order valence-electron chi connectivity index (χ0n) is 12.9. The van der Waals surface area contributed by atoms with Crippen LogP contribution in [0.3, 0.4) is 0 Å². The molecule has 7 nitrogen and oxygen atoms in total. The van der Waals surface area contributed by atoms with E-state index in [1.807, 2.05) is 0 Å². The predicted octanol–water partition coefficient (Wildman–Crippen LogP) is 4.92. The Balaban J connectivity index is 2.82. The number of azide groups is 2. The average Bonchev–Trinajstić information content (AvgIpc) is 2.27. The molecule has 1 aliphatic rings. The lowest BCUT2D eigenvalue weighted by Crippen LogP contribution is -2.46. The third-order valence-electron chi connectivity index (χ3n) is 4.31. The molecule has 0 aromatic carbocycles. The van der Waals surface area contributed by atoms with Crippen molar-refractivity contribution in [3.05, 3.63) is 20.9 Å². The van der Waals surface area contributed by atoms with Gasteiger partial charge >= 0.3 is 0 Å². The summed E-state index contributed by atoms with van der Waals surface area (Å²) in [6.45, 7) is 11.0. The van der Waals surface area contributed by atoms with Gasteiger partial charge in [-0.15, -0.1) is 0 Å². The molecule has 0 aromatic heterocycles. The second kappa shape index (κ2) is 6.50. The van der Waals surface area contributed by atoms with Crippen molar-refractivity contribution in [3.8, 4) is 0 Å². The normalized spacial score (nSPS) is 27.4. The zero-order chi connectivity index (χ0) is 15.4. The Labute approximate surface area is 121 Å². The molecule has 1 rings (SSSR count). The predicted molar refractivity (Wildman–Crippen MR) is 81.8 cm³/mol. The molecule has 20 heavy (non-hydrogen) atoms. The highest BCUT2D eigenvalue weighted by Crippen LogP contribution is 2.39. The van der Waals surface area contributed by atoms with Crippen LogP contribution < -0.4 is 0 Å². The number of hydrogen-bond acceptors (Lipinski definition) is 3. The number of hydrogen-bond donors (Lipinski definition) is 0. The fourth-order valence-corrected chi connectivity index (χ4v) is 3.61. The Morgan fingerprint density at radius 1 is 1.00 bits per heavy atom. The molecular formula is C12H24N6OSi. The minimum Gasteiger partial charge on any atom is -0.414 e. The third kappa shape index (κ3) is 4.42. The highest BCUT2D eigenvalue weighted by molar-refractivity contribution is 6.74. The molecule has 1 fully saturated rings. The Kier molecular flexibility index (Phi) is 5.47. The summed E-state index contributed by atoms with van der Waals surface area (Å²) < 4.78 is 6.37. The summed E-state index contributed by atoms with van der Waals surface area (Å²) in [6.07, 6.45) is 2.06. The van der Waals surface area contributed by atoms with E-state index in [0.29, 0.717) is 19.3 Å². The topological polar surface area (TPSA) is 107 Å². The zero-order valence-corrected chi connectivity index (χ0v) is 13.9. The lowest BCUT2D eigenvalue weighted by Gasteiger charge is -2.42. The first-order valence-electron chi connectivity index (χ1n) is 6.96. The van der Waals surface area contributed by atoms with Crippen molar-refractivity contribution in [1.29, 1.82) is 0 Å². The van der Waals surface area contributed by atoms with E-state index in [9.17, 15) is 0 Å². The van der Waals surface area contributed by atoms with Gasteiger partial charge in [-0.1, -0.05) is 31.0 Å². The van der Waals surface area contributed by atoms with Crippen LogP contribution in [0.2, 0.25) is 18.1 Å². The lowest BCUT2D eigenvalue weighted by atomic mass is 9.90. The third-order valence-corrected chi connectivity index (χ3v) is 8.85. The first-order chi connectivity index (χ1) is 9.19. The molecule has 0 aromatic rings. The van der Waals surface area contributed by atoms with E-state index in [1.165, 1.54) is 0 Å². The van der Waals surface area contributed by atoms with Crippen molar-refractivity contribution in [2.75, 3.05) is 0 Å². The van der Waals surface area contributed by atoms with Gasteiger partial charge < -0.3 is 4.43 Å². The monoisotopic (exact) mass is 296 g/mol. The fourth-order valence-electron chi connectivity index (χ4n) is 2.23. The summed E-state index contributed by atoms with van der Waals surface area (Å²) >= 11 is 0. The average molecular weight is 296 g/mol. The minimum absolute atomic E-state index is 0.00985. The molecule has 3 atom stereocenters. The SMILES string of the molecule is CC(C)(C)[Si](C)(C)OC1CC(N=[N+]=[N-])C[C@@H](N=[N+]=[N-])C1. The van der Waals surface area contributed by atoms with Gasteiger partial charge in [0.25, 0.3) is 0 Å². The molecule has 0 heterocycles. The van der Waals surface area contributed by atoms with E-state index >= 15 is 0 Å². The molecule has 0 saturated heterocycles. The van der Waals surface area contributed by atoms with Gasteiger partial charge in [-0.25, -0.2) is 0 Å². The molecule has 2 unspecified atom stereocenters. The van der Waals surface area contributed by atoms with Crippen LogP contribution in [0, 0.1) is 0 Å². The molecule has 1 saturated carbocycles. The molecule has 0 radical (unpaired) electrons. The maximum Gasteiger partial charge on any atom is 0.192 e. The highest BCUT2D eigenvalue weighted by atomic mass is 28.4. The van der Waals surface area contributed by atoms with Gasteiger partial charge in [0.1, 0.15) is 0 Å². The van der Waals surface area contributed by atoms with Crippen LogP contribution in [0.4, 0.5) is 0 Å². The second-order valence-corrected chi connectivity index (χ2v) is 11.7. The number of rotatable bonds is 4. The van der Waals surface area contributed by atoms with Crippen LogP contribution in [-0.4, -0.2) is 26.5 Å². The van der Waals surface area contributed by atoms with Crippen molar-refractivity contribution in [1.82, 2.24) is 0 Å². The van der Waals surface area contributed by atoms with Gasteiger partial charge in [-0.2, -0.15) is 0 Å². The molecule has 0 aliphatic heterocycles. The van der Waals surface area contributed by atoms with Crippen molar-refractivity contribution in [2.24, 2.45) is 10.2 Å². The first-order valence-corrected chi connectivity index (χ1v) is 9.86. The van der Waals surface area contributed by atoms with Crippen molar-refractivity contribution in [3.63, 3.8) is 0 Å². The molecule has 0 bridgehead atoms. The van der Waals surface area contributed by atoms with E-state index in [-0.39, 0.29) is 23.2 Å². The maximum absolute atomic E-state index is 8.61.